The number of fused-ring (bicyclic) bond motifs is 1. The fourth-order valence-corrected chi connectivity index (χ4v) is 4.50. The van der Waals surface area contributed by atoms with Gasteiger partial charge in [0, 0.05) is 34.7 Å². The maximum atomic E-state index is 13.1. The zero-order valence-corrected chi connectivity index (χ0v) is 20.8. The van der Waals surface area contributed by atoms with E-state index in [1.807, 2.05) is 19.9 Å². The van der Waals surface area contributed by atoms with E-state index >= 15 is 0 Å². The number of furan rings is 1. The predicted molar refractivity (Wildman–Crippen MR) is 139 cm³/mol. The molecule has 0 aliphatic rings. The van der Waals surface area contributed by atoms with Crippen LogP contribution < -0.4 is 10.1 Å². The lowest BCUT2D eigenvalue weighted by molar-refractivity contribution is -0.116. The van der Waals surface area contributed by atoms with Gasteiger partial charge >= 0.3 is 0 Å². The van der Waals surface area contributed by atoms with E-state index in [9.17, 15) is 9.18 Å². The molecule has 0 saturated carbocycles. The first-order valence-corrected chi connectivity index (χ1v) is 11.7. The van der Waals surface area contributed by atoms with Crippen molar-refractivity contribution in [2.24, 2.45) is 0 Å². The Balaban J connectivity index is 1.63. The van der Waals surface area contributed by atoms with E-state index in [-0.39, 0.29) is 11.7 Å². The van der Waals surface area contributed by atoms with Crippen LogP contribution in [0.25, 0.3) is 27.7 Å². The Morgan fingerprint density at radius 3 is 2.49 bits per heavy atom. The molecule has 0 radical (unpaired) electrons. The van der Waals surface area contributed by atoms with Gasteiger partial charge in [-0.15, -0.1) is 0 Å². The number of allylic oxidation sites excluding steroid dienone is 1. The minimum atomic E-state index is -0.268. The Labute approximate surface area is 205 Å². The Morgan fingerprint density at radius 1 is 1.06 bits per heavy atom. The van der Waals surface area contributed by atoms with E-state index in [0.717, 1.165) is 44.4 Å². The lowest BCUT2D eigenvalue weighted by Gasteiger charge is -2.14. The summed E-state index contributed by atoms with van der Waals surface area (Å²) in [5, 5.41) is 3.89. The molecular formula is C30H30FNO3. The number of halogens is 1. The van der Waals surface area contributed by atoms with Gasteiger partial charge in [0.05, 0.1) is 13.4 Å². The van der Waals surface area contributed by atoms with Crippen LogP contribution in [0.2, 0.25) is 0 Å². The van der Waals surface area contributed by atoms with Crippen molar-refractivity contribution in [3.63, 3.8) is 0 Å². The van der Waals surface area contributed by atoms with Crippen LogP contribution >= 0.6 is 0 Å². The second-order valence-electron chi connectivity index (χ2n) is 8.92. The molecule has 1 amide bonds. The molecule has 3 aromatic carbocycles. The lowest BCUT2D eigenvalue weighted by atomic mass is 9.94. The Kier molecular flexibility index (Phi) is 7.06. The third-order valence-corrected chi connectivity index (χ3v) is 6.32. The fraction of sp³-hybridized carbons (Fsp3) is 0.233. The second-order valence-corrected chi connectivity index (χ2v) is 8.92. The maximum absolute atomic E-state index is 13.1. The van der Waals surface area contributed by atoms with Crippen molar-refractivity contribution in [1.29, 1.82) is 0 Å². The summed E-state index contributed by atoms with van der Waals surface area (Å²) in [6.07, 6.45) is 4.01. The molecule has 0 saturated heterocycles. The van der Waals surface area contributed by atoms with Crippen molar-refractivity contribution in [2.75, 3.05) is 13.7 Å². The molecular weight excluding hydrogens is 441 g/mol. The molecule has 0 spiro atoms. The van der Waals surface area contributed by atoms with E-state index in [1.54, 1.807) is 31.6 Å². The van der Waals surface area contributed by atoms with Crippen LogP contribution in [-0.4, -0.2) is 19.6 Å². The Hall–Kier alpha value is -3.86. The van der Waals surface area contributed by atoms with Crippen LogP contribution in [0.4, 0.5) is 4.39 Å². The molecule has 1 heterocycles. The van der Waals surface area contributed by atoms with Gasteiger partial charge < -0.3 is 14.5 Å². The monoisotopic (exact) mass is 471 g/mol. The summed E-state index contributed by atoms with van der Waals surface area (Å²) in [6.45, 7) is 8.51. The third kappa shape index (κ3) is 5.14. The van der Waals surface area contributed by atoms with Crippen molar-refractivity contribution in [2.45, 2.75) is 34.1 Å². The minimum absolute atomic E-state index is 0.189. The van der Waals surface area contributed by atoms with Crippen LogP contribution in [0.3, 0.4) is 0 Å². The minimum Gasteiger partial charge on any atom is -0.496 e. The normalized spacial score (nSPS) is 11.7. The number of amides is 1. The second kappa shape index (κ2) is 10.2. The number of nitrogens with one attached hydrogen (secondary N) is 1. The molecule has 4 nitrogen and oxygen atoms in total. The highest BCUT2D eigenvalue weighted by Gasteiger charge is 2.19. The van der Waals surface area contributed by atoms with Crippen LogP contribution in [0.1, 0.15) is 34.7 Å². The van der Waals surface area contributed by atoms with Crippen molar-refractivity contribution in [3.8, 4) is 16.9 Å². The molecule has 0 aliphatic carbocycles. The molecule has 0 atom stereocenters. The molecule has 0 fully saturated rings. The SMILES string of the molecule is COc1c(/C(C)=C/C(=O)NCCc2ccc(F)cc2)cc2c(-c3ccc(C)cc3C)coc2c1C. The summed E-state index contributed by atoms with van der Waals surface area (Å²) in [5.74, 6) is 0.231. The molecule has 1 N–H and O–H groups in total. The molecule has 4 aromatic rings. The standard InChI is InChI=1S/C30H30FNO3/c1-18-6-11-24(19(2)14-18)27-17-35-30-21(4)29(34-5)25(16-26(27)30)20(3)15-28(33)32-13-12-22-7-9-23(31)10-8-22/h6-11,14-17H,12-13H2,1-5H3,(H,32,33)/b20-15+. The number of hydrogen-bond acceptors (Lipinski definition) is 3. The summed E-state index contributed by atoms with van der Waals surface area (Å²) in [5.41, 5.74) is 8.78. The number of methoxy groups -OCH3 is 1. The highest BCUT2D eigenvalue weighted by molar-refractivity contribution is 6.02. The summed E-state index contributed by atoms with van der Waals surface area (Å²) < 4.78 is 24.8. The van der Waals surface area contributed by atoms with Crippen LogP contribution in [0.5, 0.6) is 5.75 Å². The third-order valence-electron chi connectivity index (χ3n) is 6.32. The van der Waals surface area contributed by atoms with Crippen molar-refractivity contribution < 1.29 is 18.3 Å². The number of carbonyl (C=O) groups excluding carboxylic acids is 1. The first-order valence-electron chi connectivity index (χ1n) is 11.7. The summed E-state index contributed by atoms with van der Waals surface area (Å²) in [4.78, 5) is 12.6. The Bertz CT molecular complexity index is 1410. The van der Waals surface area contributed by atoms with E-state index in [4.69, 9.17) is 9.15 Å². The van der Waals surface area contributed by atoms with Crippen molar-refractivity contribution >= 4 is 22.4 Å². The van der Waals surface area contributed by atoms with Crippen molar-refractivity contribution in [1.82, 2.24) is 5.32 Å². The molecule has 5 heteroatoms. The van der Waals surface area contributed by atoms with Crippen molar-refractivity contribution in [3.05, 3.63) is 94.5 Å². The molecule has 0 bridgehead atoms. The molecule has 35 heavy (non-hydrogen) atoms. The number of carbonyl (C=O) groups is 1. The number of benzene rings is 3. The van der Waals surface area contributed by atoms with E-state index < -0.39 is 0 Å². The fourth-order valence-electron chi connectivity index (χ4n) is 4.50. The smallest absolute Gasteiger partial charge is 0.244 e. The number of ether oxygens (including phenoxy) is 1. The zero-order chi connectivity index (χ0) is 25.1. The van der Waals surface area contributed by atoms with Gasteiger partial charge in [0.25, 0.3) is 0 Å². The molecule has 4 rings (SSSR count). The zero-order valence-electron chi connectivity index (χ0n) is 20.8. The average molecular weight is 472 g/mol. The number of aryl methyl sites for hydroxylation is 3. The van der Waals surface area contributed by atoms with Gasteiger partial charge in [-0.1, -0.05) is 35.9 Å². The largest absolute Gasteiger partial charge is 0.496 e. The highest BCUT2D eigenvalue weighted by Crippen LogP contribution is 2.41. The molecule has 180 valence electrons. The summed E-state index contributed by atoms with van der Waals surface area (Å²) in [7, 11) is 1.63. The van der Waals surface area contributed by atoms with Gasteiger partial charge in [0.15, 0.2) is 0 Å². The van der Waals surface area contributed by atoms with Crippen LogP contribution in [0.15, 0.2) is 65.3 Å². The first kappa shape index (κ1) is 24.3. The summed E-state index contributed by atoms with van der Waals surface area (Å²) in [6, 6.07) is 14.7. The predicted octanol–water partition coefficient (Wildman–Crippen LogP) is 6.93. The molecule has 0 aliphatic heterocycles. The topological polar surface area (TPSA) is 51.5 Å². The first-order chi connectivity index (χ1) is 16.8. The van der Waals surface area contributed by atoms with Crippen LogP contribution in [-0.2, 0) is 11.2 Å². The number of hydrogen-bond donors (Lipinski definition) is 1. The molecule has 0 unspecified atom stereocenters. The average Bonchev–Trinajstić information content (AvgIpc) is 3.24. The van der Waals surface area contributed by atoms with Gasteiger partial charge in [-0.2, -0.15) is 0 Å². The lowest BCUT2D eigenvalue weighted by Crippen LogP contribution is -2.23. The molecule has 1 aromatic heterocycles. The van der Waals surface area contributed by atoms with Gasteiger partial charge in [0.1, 0.15) is 17.1 Å². The highest BCUT2D eigenvalue weighted by atomic mass is 19.1. The number of rotatable bonds is 7. The van der Waals surface area contributed by atoms with E-state index in [1.165, 1.54) is 23.3 Å². The van der Waals surface area contributed by atoms with E-state index in [2.05, 4.69) is 37.4 Å². The van der Waals surface area contributed by atoms with Crippen LogP contribution in [0, 0.1) is 26.6 Å². The summed E-state index contributed by atoms with van der Waals surface area (Å²) >= 11 is 0. The van der Waals surface area contributed by atoms with Gasteiger partial charge in [-0.3, -0.25) is 4.79 Å². The Morgan fingerprint density at radius 2 is 1.80 bits per heavy atom. The van der Waals surface area contributed by atoms with E-state index in [0.29, 0.717) is 18.7 Å². The van der Waals surface area contributed by atoms with Gasteiger partial charge in [0.2, 0.25) is 5.91 Å². The maximum Gasteiger partial charge on any atom is 0.244 e. The quantitative estimate of drug-likeness (QED) is 0.297. The van der Waals surface area contributed by atoms with Gasteiger partial charge in [-0.25, -0.2) is 4.39 Å². The van der Waals surface area contributed by atoms with Gasteiger partial charge in [-0.05, 0) is 74.6 Å².